The average molecular weight is 202 g/mol. The number of hydrogen-bond acceptors (Lipinski definition) is 3. The largest absolute Gasteiger partial charge is 0.322 e. The highest BCUT2D eigenvalue weighted by Crippen LogP contribution is 2.13. The summed E-state index contributed by atoms with van der Waals surface area (Å²) >= 11 is 0. The van der Waals surface area contributed by atoms with Crippen molar-refractivity contribution in [3.63, 3.8) is 0 Å². The molecule has 5 heteroatoms. The smallest absolute Gasteiger partial charge is 0.227 e. The summed E-state index contributed by atoms with van der Waals surface area (Å²) in [6.45, 7) is 5.83. The summed E-state index contributed by atoms with van der Waals surface area (Å²) in [7, 11) is -3.22. The summed E-state index contributed by atoms with van der Waals surface area (Å²) in [5, 5.41) is -0.245. The Balaban J connectivity index is 3.22. The van der Waals surface area contributed by atoms with Crippen LogP contribution in [0, 0.1) is 0 Å². The zero-order valence-corrected chi connectivity index (χ0v) is 8.87. The molecule has 0 saturated carbocycles. The molecule has 0 aliphatic carbocycles. The van der Waals surface area contributed by atoms with Crippen molar-refractivity contribution >= 4 is 9.84 Å². The van der Waals surface area contributed by atoms with Gasteiger partial charge in [0, 0.05) is 18.9 Å². The fourth-order valence-corrected chi connectivity index (χ4v) is 2.15. The first kappa shape index (κ1) is 10.2. The van der Waals surface area contributed by atoms with Gasteiger partial charge in [0.25, 0.3) is 0 Å². The molecule has 0 N–H and O–H groups in total. The van der Waals surface area contributed by atoms with Gasteiger partial charge in [-0.1, -0.05) is 0 Å². The summed E-state index contributed by atoms with van der Waals surface area (Å²) in [5.74, 6) is 0. The second-order valence-corrected chi connectivity index (χ2v) is 5.49. The third-order valence-electron chi connectivity index (χ3n) is 1.89. The van der Waals surface area contributed by atoms with Crippen molar-refractivity contribution in [2.75, 3.05) is 0 Å². The number of imidazole rings is 1. The number of aryl methyl sites for hydroxylation is 1. The van der Waals surface area contributed by atoms with Crippen LogP contribution in [0.4, 0.5) is 0 Å². The van der Waals surface area contributed by atoms with Gasteiger partial charge in [0.1, 0.15) is 0 Å². The van der Waals surface area contributed by atoms with Gasteiger partial charge in [-0.05, 0) is 20.8 Å². The SMILES string of the molecule is CCn1ccnc1S(=O)(=O)C(C)C. The van der Waals surface area contributed by atoms with Crippen LogP contribution in [0.1, 0.15) is 20.8 Å². The minimum absolute atomic E-state index is 0.171. The molecule has 0 unspecified atom stereocenters. The lowest BCUT2D eigenvalue weighted by atomic mass is 10.6. The standard InChI is InChI=1S/C8H14N2O2S/c1-4-10-6-5-9-8(10)13(11,12)7(2)3/h5-7H,4H2,1-3H3. The number of sulfone groups is 1. The Bertz CT molecular complexity index is 379. The van der Waals surface area contributed by atoms with Crippen LogP contribution >= 0.6 is 0 Å². The maximum absolute atomic E-state index is 11.7. The second-order valence-electron chi connectivity index (χ2n) is 3.09. The fourth-order valence-electron chi connectivity index (χ4n) is 1.00. The van der Waals surface area contributed by atoms with Crippen molar-refractivity contribution in [2.24, 2.45) is 0 Å². The zero-order chi connectivity index (χ0) is 10.1. The van der Waals surface area contributed by atoms with Crippen LogP contribution in [-0.2, 0) is 16.4 Å². The van der Waals surface area contributed by atoms with Crippen LogP contribution in [0.5, 0.6) is 0 Å². The molecular weight excluding hydrogens is 188 g/mol. The van der Waals surface area contributed by atoms with E-state index >= 15 is 0 Å². The molecule has 1 aromatic rings. The molecule has 74 valence electrons. The molecule has 0 aromatic carbocycles. The van der Waals surface area contributed by atoms with E-state index < -0.39 is 15.1 Å². The summed E-state index contributed by atoms with van der Waals surface area (Å²) in [4.78, 5) is 3.85. The molecule has 0 aliphatic heterocycles. The quantitative estimate of drug-likeness (QED) is 0.737. The van der Waals surface area contributed by atoms with Crippen LogP contribution in [0.25, 0.3) is 0 Å². The van der Waals surface area contributed by atoms with Crippen molar-refractivity contribution < 1.29 is 8.42 Å². The number of hydrogen-bond donors (Lipinski definition) is 0. The Kier molecular flexibility index (Phi) is 2.75. The summed E-state index contributed by atoms with van der Waals surface area (Å²) in [6, 6.07) is 0. The van der Waals surface area contributed by atoms with E-state index in [0.717, 1.165) is 0 Å². The molecule has 0 fully saturated rings. The molecule has 13 heavy (non-hydrogen) atoms. The van der Waals surface area contributed by atoms with Gasteiger partial charge in [-0.2, -0.15) is 0 Å². The molecular formula is C8H14N2O2S. The molecule has 0 atom stereocenters. The average Bonchev–Trinajstić information content (AvgIpc) is 2.51. The lowest BCUT2D eigenvalue weighted by Gasteiger charge is -2.08. The molecule has 1 heterocycles. The predicted molar refractivity (Wildman–Crippen MR) is 50.2 cm³/mol. The van der Waals surface area contributed by atoms with Crippen molar-refractivity contribution in [3.8, 4) is 0 Å². The van der Waals surface area contributed by atoms with Gasteiger partial charge in [0.2, 0.25) is 15.0 Å². The predicted octanol–water partition coefficient (Wildman–Crippen LogP) is 1.09. The Labute approximate surface area is 78.5 Å². The minimum Gasteiger partial charge on any atom is -0.322 e. The molecule has 0 aliphatic rings. The molecule has 0 radical (unpaired) electrons. The first-order valence-electron chi connectivity index (χ1n) is 4.25. The Hall–Kier alpha value is -0.840. The number of nitrogens with zero attached hydrogens (tertiary/aromatic N) is 2. The van der Waals surface area contributed by atoms with E-state index in [1.807, 2.05) is 6.92 Å². The summed E-state index contributed by atoms with van der Waals surface area (Å²) in [5.41, 5.74) is 0. The number of rotatable bonds is 3. The summed E-state index contributed by atoms with van der Waals surface area (Å²) in [6.07, 6.45) is 3.19. The van der Waals surface area contributed by atoms with Crippen molar-refractivity contribution in [1.82, 2.24) is 9.55 Å². The first-order valence-corrected chi connectivity index (χ1v) is 5.79. The van der Waals surface area contributed by atoms with E-state index in [2.05, 4.69) is 4.98 Å². The van der Waals surface area contributed by atoms with E-state index in [9.17, 15) is 8.42 Å². The highest BCUT2D eigenvalue weighted by molar-refractivity contribution is 7.91. The van der Waals surface area contributed by atoms with Gasteiger partial charge in [0.15, 0.2) is 0 Å². The van der Waals surface area contributed by atoms with Crippen LogP contribution in [-0.4, -0.2) is 23.2 Å². The van der Waals surface area contributed by atoms with Crippen LogP contribution < -0.4 is 0 Å². The van der Waals surface area contributed by atoms with Gasteiger partial charge in [-0.15, -0.1) is 0 Å². The van der Waals surface area contributed by atoms with Crippen LogP contribution in [0.15, 0.2) is 17.6 Å². The van der Waals surface area contributed by atoms with Gasteiger partial charge < -0.3 is 4.57 Å². The van der Waals surface area contributed by atoms with Crippen molar-refractivity contribution in [1.29, 1.82) is 0 Å². The van der Waals surface area contributed by atoms with Crippen LogP contribution in [0.3, 0.4) is 0 Å². The Morgan fingerprint density at radius 3 is 2.62 bits per heavy atom. The van der Waals surface area contributed by atoms with E-state index in [4.69, 9.17) is 0 Å². The number of aromatic nitrogens is 2. The van der Waals surface area contributed by atoms with Crippen LogP contribution in [0.2, 0.25) is 0 Å². The normalized spacial score (nSPS) is 12.3. The molecule has 0 bridgehead atoms. The van der Waals surface area contributed by atoms with E-state index in [1.165, 1.54) is 6.20 Å². The van der Waals surface area contributed by atoms with Gasteiger partial charge in [0.05, 0.1) is 5.25 Å². The third-order valence-corrected chi connectivity index (χ3v) is 3.98. The third kappa shape index (κ3) is 1.75. The molecule has 1 aromatic heterocycles. The van der Waals surface area contributed by atoms with Gasteiger partial charge >= 0.3 is 0 Å². The topological polar surface area (TPSA) is 52.0 Å². The highest BCUT2D eigenvalue weighted by atomic mass is 32.2. The van der Waals surface area contributed by atoms with Gasteiger partial charge in [-0.3, -0.25) is 0 Å². The Morgan fingerprint density at radius 2 is 2.15 bits per heavy atom. The van der Waals surface area contributed by atoms with E-state index in [0.29, 0.717) is 6.54 Å². The van der Waals surface area contributed by atoms with Crippen molar-refractivity contribution in [3.05, 3.63) is 12.4 Å². The van der Waals surface area contributed by atoms with E-state index in [-0.39, 0.29) is 5.16 Å². The zero-order valence-electron chi connectivity index (χ0n) is 8.06. The lowest BCUT2D eigenvalue weighted by molar-refractivity contribution is 0.560. The van der Waals surface area contributed by atoms with Gasteiger partial charge in [-0.25, -0.2) is 13.4 Å². The molecule has 1 rings (SSSR count). The monoisotopic (exact) mass is 202 g/mol. The molecule has 0 spiro atoms. The molecule has 4 nitrogen and oxygen atoms in total. The first-order chi connectivity index (χ1) is 6.00. The van der Waals surface area contributed by atoms with E-state index in [1.54, 1.807) is 24.6 Å². The lowest BCUT2D eigenvalue weighted by Crippen LogP contribution is -2.18. The fraction of sp³-hybridized carbons (Fsp3) is 0.625. The maximum atomic E-state index is 11.7. The molecule has 0 amide bonds. The minimum atomic E-state index is -3.22. The summed E-state index contributed by atoms with van der Waals surface area (Å²) < 4.78 is 25.0. The van der Waals surface area contributed by atoms with Crippen molar-refractivity contribution in [2.45, 2.75) is 37.7 Å². The maximum Gasteiger partial charge on any atom is 0.227 e. The second kappa shape index (κ2) is 3.49. The molecule has 0 saturated heterocycles. The highest BCUT2D eigenvalue weighted by Gasteiger charge is 2.23. The Morgan fingerprint density at radius 1 is 1.54 bits per heavy atom.